The average molecular weight is 186 g/mol. The highest BCUT2D eigenvalue weighted by molar-refractivity contribution is 5.82. The molecule has 1 rings (SSSR count). The Morgan fingerprint density at radius 1 is 1.46 bits per heavy atom. The molecule has 1 saturated heterocycles. The molecule has 0 aliphatic carbocycles. The minimum Gasteiger partial charge on any atom is -0.467 e. The molecule has 0 aromatic carbocycles. The Morgan fingerprint density at radius 3 is 2.62 bits per heavy atom. The van der Waals surface area contributed by atoms with Gasteiger partial charge in [-0.15, -0.1) is 0 Å². The molecule has 0 aromatic rings. The molecule has 0 spiro atoms. The molecule has 76 valence electrons. The molecule has 0 aromatic heterocycles. The number of ether oxygens (including phenoxy) is 2. The van der Waals surface area contributed by atoms with Gasteiger partial charge in [-0.1, -0.05) is 26.2 Å². The highest BCUT2D eigenvalue weighted by Gasteiger charge is 2.52. The van der Waals surface area contributed by atoms with Crippen LogP contribution in [0.4, 0.5) is 0 Å². The first kappa shape index (κ1) is 10.5. The molecule has 1 aliphatic rings. The molecule has 0 radical (unpaired) electrons. The third-order valence-electron chi connectivity index (χ3n) is 2.48. The largest absolute Gasteiger partial charge is 0.467 e. The number of unbranched alkanes of at least 4 members (excludes halogenated alkanes) is 3. The first-order valence-corrected chi connectivity index (χ1v) is 4.97. The van der Waals surface area contributed by atoms with Crippen LogP contribution in [-0.2, 0) is 14.3 Å². The lowest BCUT2D eigenvalue weighted by atomic mass is 10.0. The normalized spacial score (nSPS) is 25.7. The third-order valence-corrected chi connectivity index (χ3v) is 2.48. The predicted octanol–water partition coefficient (Wildman–Crippen LogP) is 1.90. The fourth-order valence-electron chi connectivity index (χ4n) is 1.47. The monoisotopic (exact) mass is 186 g/mol. The number of hydrogen-bond acceptors (Lipinski definition) is 3. The van der Waals surface area contributed by atoms with Crippen molar-refractivity contribution in [3.63, 3.8) is 0 Å². The van der Waals surface area contributed by atoms with Gasteiger partial charge in [-0.25, -0.2) is 4.79 Å². The van der Waals surface area contributed by atoms with Gasteiger partial charge in [0.25, 0.3) is 0 Å². The van der Waals surface area contributed by atoms with Crippen molar-refractivity contribution in [3.05, 3.63) is 0 Å². The molecule has 1 atom stereocenters. The number of esters is 1. The number of carbonyl (C=O) groups is 1. The fraction of sp³-hybridized carbons (Fsp3) is 0.900. The van der Waals surface area contributed by atoms with Gasteiger partial charge in [0, 0.05) is 0 Å². The van der Waals surface area contributed by atoms with Crippen molar-refractivity contribution in [2.24, 2.45) is 0 Å². The van der Waals surface area contributed by atoms with Gasteiger partial charge >= 0.3 is 5.97 Å². The van der Waals surface area contributed by atoms with E-state index < -0.39 is 5.60 Å². The van der Waals surface area contributed by atoms with Gasteiger partial charge in [-0.2, -0.15) is 0 Å². The van der Waals surface area contributed by atoms with Crippen LogP contribution in [0, 0.1) is 0 Å². The highest BCUT2D eigenvalue weighted by atomic mass is 16.6. The van der Waals surface area contributed by atoms with Crippen LogP contribution < -0.4 is 0 Å². The van der Waals surface area contributed by atoms with Crippen LogP contribution >= 0.6 is 0 Å². The second kappa shape index (κ2) is 4.61. The van der Waals surface area contributed by atoms with Crippen molar-refractivity contribution in [2.45, 2.75) is 44.6 Å². The second-order valence-corrected chi connectivity index (χ2v) is 3.59. The number of hydrogen-bond donors (Lipinski definition) is 0. The Balaban J connectivity index is 2.16. The van der Waals surface area contributed by atoms with Crippen molar-refractivity contribution in [1.29, 1.82) is 0 Å². The van der Waals surface area contributed by atoms with Crippen molar-refractivity contribution in [1.82, 2.24) is 0 Å². The van der Waals surface area contributed by atoms with E-state index in [-0.39, 0.29) is 5.97 Å². The van der Waals surface area contributed by atoms with Crippen LogP contribution in [0.15, 0.2) is 0 Å². The lowest BCUT2D eigenvalue weighted by Crippen LogP contribution is -2.25. The molecular weight excluding hydrogens is 168 g/mol. The smallest absolute Gasteiger partial charge is 0.340 e. The van der Waals surface area contributed by atoms with Crippen LogP contribution in [0.25, 0.3) is 0 Å². The molecule has 0 unspecified atom stereocenters. The summed E-state index contributed by atoms with van der Waals surface area (Å²) in [6.45, 7) is 2.72. The van der Waals surface area contributed by atoms with Crippen molar-refractivity contribution >= 4 is 5.97 Å². The molecule has 0 bridgehead atoms. The Morgan fingerprint density at radius 2 is 2.15 bits per heavy atom. The van der Waals surface area contributed by atoms with E-state index in [1.165, 1.54) is 26.4 Å². The number of epoxide rings is 1. The van der Waals surface area contributed by atoms with Gasteiger partial charge < -0.3 is 9.47 Å². The van der Waals surface area contributed by atoms with Gasteiger partial charge in [0.05, 0.1) is 13.7 Å². The minimum absolute atomic E-state index is 0.205. The second-order valence-electron chi connectivity index (χ2n) is 3.59. The van der Waals surface area contributed by atoms with E-state index in [1.807, 2.05) is 0 Å². The molecule has 3 heteroatoms. The molecule has 0 amide bonds. The Labute approximate surface area is 79.4 Å². The standard InChI is InChI=1S/C10H18O3/c1-3-4-5-6-7-10(8-13-10)9(11)12-2/h3-8H2,1-2H3/t10-/m1/s1. The van der Waals surface area contributed by atoms with Crippen LogP contribution in [0.1, 0.15) is 39.0 Å². The summed E-state index contributed by atoms with van der Waals surface area (Å²) in [6.07, 6.45) is 5.50. The maximum absolute atomic E-state index is 11.2. The first-order valence-electron chi connectivity index (χ1n) is 4.97. The number of methoxy groups -OCH3 is 1. The zero-order chi connectivity index (χ0) is 9.73. The Bertz CT molecular complexity index is 173. The van der Waals surface area contributed by atoms with Crippen molar-refractivity contribution in [2.75, 3.05) is 13.7 Å². The topological polar surface area (TPSA) is 38.8 Å². The summed E-state index contributed by atoms with van der Waals surface area (Å²) < 4.78 is 9.83. The van der Waals surface area contributed by atoms with Gasteiger partial charge in [0.2, 0.25) is 0 Å². The summed E-state index contributed by atoms with van der Waals surface area (Å²) in [6, 6.07) is 0. The summed E-state index contributed by atoms with van der Waals surface area (Å²) >= 11 is 0. The van der Waals surface area contributed by atoms with Gasteiger partial charge in [-0.05, 0) is 12.8 Å². The molecule has 0 N–H and O–H groups in total. The molecule has 0 saturated carbocycles. The van der Waals surface area contributed by atoms with Gasteiger partial charge in [-0.3, -0.25) is 0 Å². The van der Waals surface area contributed by atoms with E-state index in [9.17, 15) is 4.79 Å². The summed E-state index contributed by atoms with van der Waals surface area (Å²) in [5, 5.41) is 0. The van der Waals surface area contributed by atoms with Crippen LogP contribution in [0.3, 0.4) is 0 Å². The van der Waals surface area contributed by atoms with Crippen molar-refractivity contribution in [3.8, 4) is 0 Å². The number of carbonyl (C=O) groups excluding carboxylic acids is 1. The predicted molar refractivity (Wildman–Crippen MR) is 49.5 cm³/mol. The summed E-state index contributed by atoms with van der Waals surface area (Å²) in [5.74, 6) is -0.205. The van der Waals surface area contributed by atoms with Crippen LogP contribution in [0.5, 0.6) is 0 Å². The van der Waals surface area contributed by atoms with Gasteiger partial charge in [0.1, 0.15) is 0 Å². The fourth-order valence-corrected chi connectivity index (χ4v) is 1.47. The molecule has 3 nitrogen and oxygen atoms in total. The maximum atomic E-state index is 11.2. The summed E-state index contributed by atoms with van der Waals surface area (Å²) in [7, 11) is 1.41. The van der Waals surface area contributed by atoms with E-state index >= 15 is 0 Å². The highest BCUT2D eigenvalue weighted by Crippen LogP contribution is 2.34. The van der Waals surface area contributed by atoms with Crippen LogP contribution in [0.2, 0.25) is 0 Å². The van der Waals surface area contributed by atoms with Crippen molar-refractivity contribution < 1.29 is 14.3 Å². The van der Waals surface area contributed by atoms with E-state index in [4.69, 9.17) is 4.74 Å². The van der Waals surface area contributed by atoms with E-state index in [1.54, 1.807) is 0 Å². The number of rotatable bonds is 6. The first-order chi connectivity index (χ1) is 6.25. The molecule has 1 aliphatic heterocycles. The lowest BCUT2D eigenvalue weighted by Gasteiger charge is -2.08. The zero-order valence-electron chi connectivity index (χ0n) is 8.47. The molecular formula is C10H18O3. The average Bonchev–Trinajstić information content (AvgIpc) is 2.92. The maximum Gasteiger partial charge on any atom is 0.340 e. The van der Waals surface area contributed by atoms with E-state index in [2.05, 4.69) is 11.7 Å². The minimum atomic E-state index is -0.553. The summed E-state index contributed by atoms with van der Waals surface area (Å²) in [5.41, 5.74) is -0.553. The quantitative estimate of drug-likeness (QED) is 0.361. The van der Waals surface area contributed by atoms with Gasteiger partial charge in [0.15, 0.2) is 5.60 Å². The van der Waals surface area contributed by atoms with E-state index in [0.29, 0.717) is 6.61 Å². The third kappa shape index (κ3) is 2.69. The van der Waals surface area contributed by atoms with Crippen LogP contribution in [-0.4, -0.2) is 25.3 Å². The molecule has 1 heterocycles. The summed E-state index contributed by atoms with van der Waals surface area (Å²) in [4.78, 5) is 11.2. The Hall–Kier alpha value is -0.570. The Kier molecular flexibility index (Phi) is 3.72. The van der Waals surface area contributed by atoms with E-state index in [0.717, 1.165) is 12.8 Å². The molecule has 13 heavy (non-hydrogen) atoms. The lowest BCUT2D eigenvalue weighted by molar-refractivity contribution is -0.147. The SMILES string of the molecule is CCCCCC[C@]1(C(=O)OC)CO1. The molecule has 1 fully saturated rings. The zero-order valence-corrected chi connectivity index (χ0v) is 8.47.